The number of halogens is 6. The Bertz CT molecular complexity index is 887. The van der Waals surface area contributed by atoms with Gasteiger partial charge in [-0.05, 0) is 73.3 Å². The van der Waals surface area contributed by atoms with Crippen LogP contribution >= 0.6 is 0 Å². The second-order valence-corrected chi connectivity index (χ2v) is 8.90. The quantitative estimate of drug-likeness (QED) is 0.248. The molecule has 1 saturated carbocycles. The molecule has 1 aliphatic carbocycles. The van der Waals surface area contributed by atoms with E-state index in [0.717, 1.165) is 62.6 Å². The highest BCUT2D eigenvalue weighted by atomic mass is 19.4. The van der Waals surface area contributed by atoms with Gasteiger partial charge in [0, 0.05) is 5.56 Å². The maximum Gasteiger partial charge on any atom is 0.422 e. The molecule has 2 aromatic carbocycles. The van der Waals surface area contributed by atoms with Crippen LogP contribution in [0.5, 0.6) is 5.75 Å². The van der Waals surface area contributed by atoms with Crippen molar-refractivity contribution in [3.05, 3.63) is 53.6 Å². The smallest absolute Gasteiger partial charge is 0.422 e. The summed E-state index contributed by atoms with van der Waals surface area (Å²) < 4.78 is 82.4. The van der Waals surface area contributed by atoms with Gasteiger partial charge in [-0.25, -0.2) is 8.78 Å². The van der Waals surface area contributed by atoms with E-state index in [-0.39, 0.29) is 23.7 Å². The van der Waals surface area contributed by atoms with E-state index >= 15 is 0 Å². The Hall–Kier alpha value is -2.18. The zero-order valence-electron chi connectivity index (χ0n) is 18.6. The highest BCUT2D eigenvalue weighted by Gasteiger charge is 2.29. The third-order valence-corrected chi connectivity index (χ3v) is 6.44. The van der Waals surface area contributed by atoms with Crippen molar-refractivity contribution in [1.29, 1.82) is 0 Å². The summed E-state index contributed by atoms with van der Waals surface area (Å²) >= 11 is 0. The second-order valence-electron chi connectivity index (χ2n) is 8.90. The van der Waals surface area contributed by atoms with Gasteiger partial charge in [0.05, 0.1) is 6.67 Å². The molecular weight excluding hydrogens is 442 g/mol. The lowest BCUT2D eigenvalue weighted by atomic mass is 9.77. The van der Waals surface area contributed by atoms with Gasteiger partial charge in [-0.3, -0.25) is 4.39 Å². The molecule has 3 rings (SSSR count). The number of benzene rings is 2. The molecule has 0 saturated heterocycles. The van der Waals surface area contributed by atoms with Crippen molar-refractivity contribution in [3.63, 3.8) is 0 Å². The predicted molar refractivity (Wildman–Crippen MR) is 117 cm³/mol. The molecule has 0 bridgehead atoms. The fourth-order valence-corrected chi connectivity index (χ4v) is 4.63. The van der Waals surface area contributed by atoms with Crippen molar-refractivity contribution in [2.75, 3.05) is 13.3 Å². The first-order valence-corrected chi connectivity index (χ1v) is 11.6. The molecule has 0 N–H and O–H groups in total. The van der Waals surface area contributed by atoms with E-state index in [0.29, 0.717) is 12.3 Å². The van der Waals surface area contributed by atoms with Gasteiger partial charge in [0.25, 0.3) is 0 Å². The number of hydrogen-bond acceptors (Lipinski definition) is 1. The van der Waals surface area contributed by atoms with Gasteiger partial charge in [-0.1, -0.05) is 43.9 Å². The van der Waals surface area contributed by atoms with E-state index in [1.54, 1.807) is 6.07 Å². The van der Waals surface area contributed by atoms with Crippen molar-refractivity contribution in [3.8, 4) is 16.9 Å². The average molecular weight is 473 g/mol. The van der Waals surface area contributed by atoms with Crippen LogP contribution in [0, 0.1) is 17.6 Å². The molecule has 182 valence electrons. The zero-order chi connectivity index (χ0) is 23.8. The first-order chi connectivity index (χ1) is 15.8. The molecular formula is C26H30F6O. The largest absolute Gasteiger partial charge is 0.481 e. The Labute approximate surface area is 191 Å². The predicted octanol–water partition coefficient (Wildman–Crippen LogP) is 8.77. The molecule has 0 spiro atoms. The number of hydrogen-bond donors (Lipinski definition) is 0. The molecule has 1 aliphatic rings. The second kappa shape index (κ2) is 11.8. The maximum absolute atomic E-state index is 14.8. The lowest BCUT2D eigenvalue weighted by Crippen LogP contribution is -2.19. The van der Waals surface area contributed by atoms with Crippen LogP contribution in [0.2, 0.25) is 0 Å². The summed E-state index contributed by atoms with van der Waals surface area (Å²) in [7, 11) is 0. The van der Waals surface area contributed by atoms with E-state index in [1.165, 1.54) is 18.6 Å². The monoisotopic (exact) mass is 472 g/mol. The Morgan fingerprint density at radius 1 is 0.818 bits per heavy atom. The van der Waals surface area contributed by atoms with E-state index in [1.807, 2.05) is 6.07 Å². The van der Waals surface area contributed by atoms with E-state index < -0.39 is 30.2 Å². The Balaban J connectivity index is 1.57. The first kappa shape index (κ1) is 25.4. The molecule has 0 unspecified atom stereocenters. The van der Waals surface area contributed by atoms with Gasteiger partial charge in [0.15, 0.2) is 18.2 Å². The standard InChI is InChI=1S/C26H30F6O/c27-14-4-2-1-3-5-18-6-8-19(9-7-18)20-10-12-22(23(28)15-20)21-11-13-25(24(29)16-21)33-17-26(30,31)32/h10-13,15-16,18-19H,1-9,14,17H2. The first-order valence-electron chi connectivity index (χ1n) is 11.6. The highest BCUT2D eigenvalue weighted by Crippen LogP contribution is 2.39. The van der Waals surface area contributed by atoms with Gasteiger partial charge in [0.2, 0.25) is 0 Å². The van der Waals surface area contributed by atoms with Gasteiger partial charge >= 0.3 is 6.18 Å². The van der Waals surface area contributed by atoms with Crippen molar-refractivity contribution >= 4 is 0 Å². The summed E-state index contributed by atoms with van der Waals surface area (Å²) in [6, 6.07) is 8.37. The van der Waals surface area contributed by atoms with E-state index in [4.69, 9.17) is 0 Å². The van der Waals surface area contributed by atoms with Crippen molar-refractivity contribution < 1.29 is 31.1 Å². The van der Waals surface area contributed by atoms with Crippen LogP contribution in [0.4, 0.5) is 26.3 Å². The summed E-state index contributed by atoms with van der Waals surface area (Å²) in [6.45, 7) is -1.83. The minimum atomic E-state index is -4.57. The minimum Gasteiger partial charge on any atom is -0.481 e. The summed E-state index contributed by atoms with van der Waals surface area (Å²) in [4.78, 5) is 0. The van der Waals surface area contributed by atoms with Gasteiger partial charge in [-0.15, -0.1) is 0 Å². The lowest BCUT2D eigenvalue weighted by Gasteiger charge is -2.29. The Morgan fingerprint density at radius 3 is 2.18 bits per heavy atom. The minimum absolute atomic E-state index is 0.196. The van der Waals surface area contributed by atoms with Crippen LogP contribution in [0.25, 0.3) is 11.1 Å². The number of ether oxygens (including phenoxy) is 1. The van der Waals surface area contributed by atoms with E-state index in [2.05, 4.69) is 4.74 Å². The van der Waals surface area contributed by atoms with Crippen LogP contribution in [-0.4, -0.2) is 19.5 Å². The molecule has 0 aromatic heterocycles. The molecule has 2 aromatic rings. The molecule has 7 heteroatoms. The van der Waals surface area contributed by atoms with Gasteiger partial charge in [0.1, 0.15) is 5.82 Å². The Morgan fingerprint density at radius 2 is 1.55 bits per heavy atom. The zero-order valence-corrected chi connectivity index (χ0v) is 18.6. The van der Waals surface area contributed by atoms with Crippen LogP contribution in [0.3, 0.4) is 0 Å². The molecule has 0 amide bonds. The lowest BCUT2D eigenvalue weighted by molar-refractivity contribution is -0.153. The third kappa shape index (κ3) is 7.68. The number of rotatable bonds is 10. The highest BCUT2D eigenvalue weighted by molar-refractivity contribution is 5.65. The van der Waals surface area contributed by atoms with Crippen LogP contribution < -0.4 is 4.74 Å². The van der Waals surface area contributed by atoms with Crippen LogP contribution in [0.1, 0.15) is 69.3 Å². The topological polar surface area (TPSA) is 9.23 Å². The third-order valence-electron chi connectivity index (χ3n) is 6.44. The number of unbranched alkanes of at least 4 members (excludes halogenated alkanes) is 3. The average Bonchev–Trinajstić information content (AvgIpc) is 2.78. The summed E-state index contributed by atoms with van der Waals surface area (Å²) in [5.74, 6) is -1.01. The molecule has 0 radical (unpaired) electrons. The molecule has 0 atom stereocenters. The summed E-state index contributed by atoms with van der Waals surface area (Å²) in [5.41, 5.74) is 1.36. The molecule has 0 heterocycles. The molecule has 33 heavy (non-hydrogen) atoms. The van der Waals surface area contributed by atoms with Gasteiger partial charge < -0.3 is 4.74 Å². The fourth-order valence-electron chi connectivity index (χ4n) is 4.63. The van der Waals surface area contributed by atoms with Crippen molar-refractivity contribution in [1.82, 2.24) is 0 Å². The number of alkyl halides is 4. The molecule has 0 aliphatic heterocycles. The van der Waals surface area contributed by atoms with Gasteiger partial charge in [-0.2, -0.15) is 13.2 Å². The fraction of sp³-hybridized carbons (Fsp3) is 0.538. The SMILES string of the molecule is FCCCCCCC1CCC(c2ccc(-c3ccc(OCC(F)(F)F)c(F)c3)c(F)c2)CC1. The maximum atomic E-state index is 14.8. The normalized spacial score (nSPS) is 19.0. The molecule has 1 fully saturated rings. The summed E-state index contributed by atoms with van der Waals surface area (Å²) in [5, 5.41) is 0. The van der Waals surface area contributed by atoms with Crippen LogP contribution in [-0.2, 0) is 0 Å². The Kier molecular flexibility index (Phi) is 9.10. The van der Waals surface area contributed by atoms with Crippen molar-refractivity contribution in [2.24, 2.45) is 5.92 Å². The van der Waals surface area contributed by atoms with Crippen LogP contribution in [0.15, 0.2) is 36.4 Å². The van der Waals surface area contributed by atoms with E-state index in [9.17, 15) is 26.3 Å². The molecule has 1 nitrogen and oxygen atoms in total. The summed E-state index contributed by atoms with van der Waals surface area (Å²) in [6.07, 6.45) is 4.59. The van der Waals surface area contributed by atoms with Crippen molar-refractivity contribution in [2.45, 2.75) is 69.9 Å².